The van der Waals surface area contributed by atoms with E-state index in [-0.39, 0.29) is 10.8 Å². The smallest absolute Gasteiger partial charge is 0.103 e. The first kappa shape index (κ1) is 14.4. The van der Waals surface area contributed by atoms with Gasteiger partial charge in [-0.15, -0.1) is 0 Å². The van der Waals surface area contributed by atoms with E-state index in [1.165, 1.54) is 12.0 Å². The number of benzene rings is 1. The molecule has 0 amide bonds. The van der Waals surface area contributed by atoms with E-state index in [4.69, 9.17) is 28.9 Å². The van der Waals surface area contributed by atoms with Gasteiger partial charge in [-0.2, -0.15) is 0 Å². The van der Waals surface area contributed by atoms with Crippen LogP contribution in [0.5, 0.6) is 0 Å². The zero-order valence-corrected chi connectivity index (χ0v) is 13.8. The van der Waals surface area contributed by atoms with E-state index in [9.17, 15) is 0 Å². The number of halogens is 2. The van der Waals surface area contributed by atoms with E-state index >= 15 is 0 Å². The normalized spacial score (nSPS) is 30.1. The van der Waals surface area contributed by atoms with Crippen LogP contribution >= 0.6 is 23.2 Å². The van der Waals surface area contributed by atoms with Gasteiger partial charge in [0.25, 0.3) is 0 Å². The maximum Gasteiger partial charge on any atom is 0.103 e. The van der Waals surface area contributed by atoms with Crippen molar-refractivity contribution in [3.05, 3.63) is 52.1 Å². The average Bonchev–Trinajstić information content (AvgIpc) is 3.03. The standard InChI is InChI=1S/C17H19Cl2N3/c18-13-4-3-12(8-14(13)19)17-5-6-21-10-16(17,9-17)11-22-7-1-2-15(22)20/h1-4,7-8,21H,5-6,9-11,20H2. The summed E-state index contributed by atoms with van der Waals surface area (Å²) in [5.74, 6) is 0.829. The number of hydrogen-bond donors (Lipinski definition) is 2. The number of aromatic nitrogens is 1. The summed E-state index contributed by atoms with van der Waals surface area (Å²) in [6, 6.07) is 10.1. The second-order valence-corrected chi connectivity index (χ2v) is 7.47. The highest BCUT2D eigenvalue weighted by Gasteiger charge is 2.68. The van der Waals surface area contributed by atoms with E-state index < -0.39 is 0 Å². The summed E-state index contributed by atoms with van der Waals surface area (Å²) in [5.41, 5.74) is 7.79. The Kier molecular flexibility index (Phi) is 3.23. The summed E-state index contributed by atoms with van der Waals surface area (Å²) < 4.78 is 2.16. The van der Waals surface area contributed by atoms with Gasteiger partial charge in [0.05, 0.1) is 10.0 Å². The molecule has 2 aromatic rings. The number of rotatable bonds is 3. The molecular formula is C17H19Cl2N3. The lowest BCUT2D eigenvalue weighted by atomic mass is 9.81. The minimum absolute atomic E-state index is 0.198. The molecule has 2 aliphatic rings. The molecule has 1 aliphatic carbocycles. The highest BCUT2D eigenvalue weighted by atomic mass is 35.5. The number of nitrogens with one attached hydrogen (secondary N) is 1. The number of nitrogen functional groups attached to an aromatic ring is 1. The lowest BCUT2D eigenvalue weighted by Gasteiger charge is -2.32. The Bertz CT molecular complexity index is 726. The lowest BCUT2D eigenvalue weighted by Crippen LogP contribution is -2.40. The highest BCUT2D eigenvalue weighted by molar-refractivity contribution is 6.42. The van der Waals surface area contributed by atoms with Gasteiger partial charge in [-0.05, 0) is 49.2 Å². The van der Waals surface area contributed by atoms with Crippen molar-refractivity contribution in [2.75, 3.05) is 18.8 Å². The molecule has 1 aromatic carbocycles. The Morgan fingerprint density at radius 2 is 2.09 bits per heavy atom. The van der Waals surface area contributed by atoms with Crippen molar-refractivity contribution in [1.29, 1.82) is 0 Å². The van der Waals surface area contributed by atoms with Crippen LogP contribution in [0.25, 0.3) is 0 Å². The molecule has 3 N–H and O–H groups in total. The number of fused-ring (bicyclic) bond motifs is 1. The molecule has 0 bridgehead atoms. The van der Waals surface area contributed by atoms with Crippen LogP contribution in [0.1, 0.15) is 18.4 Å². The summed E-state index contributed by atoms with van der Waals surface area (Å²) in [6.07, 6.45) is 4.37. The van der Waals surface area contributed by atoms with Gasteiger partial charge in [-0.3, -0.25) is 0 Å². The summed E-state index contributed by atoms with van der Waals surface area (Å²) in [7, 11) is 0. The SMILES string of the molecule is Nc1cccn1CC12CNCCC1(c1ccc(Cl)c(Cl)c1)C2. The molecular weight excluding hydrogens is 317 g/mol. The molecule has 1 saturated carbocycles. The molecule has 22 heavy (non-hydrogen) atoms. The van der Waals surface area contributed by atoms with Crippen molar-refractivity contribution in [2.45, 2.75) is 24.8 Å². The van der Waals surface area contributed by atoms with Gasteiger partial charge in [-0.25, -0.2) is 0 Å². The Hall–Kier alpha value is -1.16. The number of nitrogens with zero attached hydrogens (tertiary/aromatic N) is 1. The van der Waals surface area contributed by atoms with Crippen LogP contribution in [-0.4, -0.2) is 17.7 Å². The number of hydrogen-bond acceptors (Lipinski definition) is 2. The van der Waals surface area contributed by atoms with E-state index in [1.54, 1.807) is 0 Å². The third-order valence-electron chi connectivity index (χ3n) is 5.53. The van der Waals surface area contributed by atoms with Crippen molar-refractivity contribution in [3.8, 4) is 0 Å². The first-order valence-corrected chi connectivity index (χ1v) is 8.39. The molecule has 2 atom stereocenters. The summed E-state index contributed by atoms with van der Waals surface area (Å²) in [5, 5.41) is 4.82. The maximum atomic E-state index is 6.25. The molecule has 1 saturated heterocycles. The fourth-order valence-corrected chi connectivity index (χ4v) is 4.55. The van der Waals surface area contributed by atoms with Gasteiger partial charge >= 0.3 is 0 Å². The molecule has 4 rings (SSSR count). The molecule has 1 aliphatic heterocycles. The third-order valence-corrected chi connectivity index (χ3v) is 6.27. The zero-order valence-electron chi connectivity index (χ0n) is 12.3. The van der Waals surface area contributed by atoms with Crippen LogP contribution in [0.2, 0.25) is 10.0 Å². The van der Waals surface area contributed by atoms with Crippen LogP contribution in [0.3, 0.4) is 0 Å². The van der Waals surface area contributed by atoms with E-state index in [1.807, 2.05) is 18.2 Å². The van der Waals surface area contributed by atoms with Crippen molar-refractivity contribution < 1.29 is 0 Å². The molecule has 116 valence electrons. The van der Waals surface area contributed by atoms with Gasteiger partial charge in [0, 0.05) is 30.1 Å². The second kappa shape index (κ2) is 4.92. The van der Waals surface area contributed by atoms with Crippen LogP contribution in [0, 0.1) is 5.41 Å². The molecule has 2 unspecified atom stereocenters. The molecule has 1 aromatic heterocycles. The van der Waals surface area contributed by atoms with E-state index in [2.05, 4.69) is 28.2 Å². The van der Waals surface area contributed by atoms with Crippen molar-refractivity contribution in [2.24, 2.45) is 5.41 Å². The van der Waals surface area contributed by atoms with Crippen LogP contribution in [-0.2, 0) is 12.0 Å². The summed E-state index contributed by atoms with van der Waals surface area (Å²) >= 11 is 12.3. The topological polar surface area (TPSA) is 43.0 Å². The highest BCUT2D eigenvalue weighted by Crippen LogP contribution is 2.68. The Morgan fingerprint density at radius 3 is 2.82 bits per heavy atom. The number of piperidine rings is 1. The first-order valence-electron chi connectivity index (χ1n) is 7.63. The average molecular weight is 336 g/mol. The molecule has 5 heteroatoms. The van der Waals surface area contributed by atoms with Gasteiger partial charge in [0.15, 0.2) is 0 Å². The van der Waals surface area contributed by atoms with Gasteiger partial charge in [0.2, 0.25) is 0 Å². The molecule has 3 nitrogen and oxygen atoms in total. The largest absolute Gasteiger partial charge is 0.385 e. The van der Waals surface area contributed by atoms with Gasteiger partial charge in [0.1, 0.15) is 5.82 Å². The second-order valence-electron chi connectivity index (χ2n) is 6.66. The molecule has 2 fully saturated rings. The minimum atomic E-state index is 0.198. The molecule has 0 radical (unpaired) electrons. The Balaban J connectivity index is 1.71. The zero-order chi connectivity index (χ0) is 15.4. The van der Waals surface area contributed by atoms with E-state index in [0.29, 0.717) is 10.0 Å². The fraction of sp³-hybridized carbons (Fsp3) is 0.412. The minimum Gasteiger partial charge on any atom is -0.385 e. The van der Waals surface area contributed by atoms with Gasteiger partial charge < -0.3 is 15.6 Å². The van der Waals surface area contributed by atoms with Crippen LogP contribution in [0.15, 0.2) is 36.5 Å². The van der Waals surface area contributed by atoms with E-state index in [0.717, 1.165) is 31.9 Å². The quantitative estimate of drug-likeness (QED) is 0.898. The summed E-state index contributed by atoms with van der Waals surface area (Å²) in [6.45, 7) is 3.01. The third kappa shape index (κ3) is 1.99. The Labute approximate surface area is 140 Å². The fourth-order valence-electron chi connectivity index (χ4n) is 4.26. The van der Waals surface area contributed by atoms with Gasteiger partial charge in [-0.1, -0.05) is 29.3 Å². The van der Waals surface area contributed by atoms with Crippen molar-refractivity contribution in [1.82, 2.24) is 9.88 Å². The maximum absolute atomic E-state index is 6.25. The Morgan fingerprint density at radius 1 is 1.23 bits per heavy atom. The monoisotopic (exact) mass is 335 g/mol. The summed E-state index contributed by atoms with van der Waals surface area (Å²) in [4.78, 5) is 0. The number of anilines is 1. The predicted molar refractivity (Wildman–Crippen MR) is 91.5 cm³/mol. The van der Waals surface area contributed by atoms with Crippen LogP contribution in [0.4, 0.5) is 5.82 Å². The number of nitrogens with two attached hydrogens (primary N) is 1. The molecule has 0 spiro atoms. The predicted octanol–water partition coefficient (Wildman–Crippen LogP) is 3.70. The lowest BCUT2D eigenvalue weighted by molar-refractivity contribution is 0.287. The van der Waals surface area contributed by atoms with Crippen LogP contribution < -0.4 is 11.1 Å². The molecule has 2 heterocycles. The van der Waals surface area contributed by atoms with Crippen molar-refractivity contribution in [3.63, 3.8) is 0 Å². The van der Waals surface area contributed by atoms with Crippen molar-refractivity contribution >= 4 is 29.0 Å². The first-order chi connectivity index (χ1) is 10.6.